The summed E-state index contributed by atoms with van der Waals surface area (Å²) in [5.74, 6) is 1.29. The van der Waals surface area contributed by atoms with Crippen LogP contribution in [0.1, 0.15) is 25.3 Å². The van der Waals surface area contributed by atoms with Crippen molar-refractivity contribution in [2.45, 2.75) is 37.5 Å². The van der Waals surface area contributed by atoms with Crippen molar-refractivity contribution in [2.24, 2.45) is 0 Å². The highest BCUT2D eigenvalue weighted by molar-refractivity contribution is 8.00. The number of thioether (sulfide) groups is 1. The summed E-state index contributed by atoms with van der Waals surface area (Å²) in [4.78, 5) is 0. The van der Waals surface area contributed by atoms with Gasteiger partial charge >= 0.3 is 0 Å². The van der Waals surface area contributed by atoms with Gasteiger partial charge in [-0.1, -0.05) is 19.1 Å². The van der Waals surface area contributed by atoms with Crippen molar-refractivity contribution in [1.29, 1.82) is 5.26 Å². The summed E-state index contributed by atoms with van der Waals surface area (Å²) in [6.45, 7) is 2.30. The van der Waals surface area contributed by atoms with Gasteiger partial charge in [-0.2, -0.15) is 17.0 Å². The van der Waals surface area contributed by atoms with Gasteiger partial charge in [0.25, 0.3) is 0 Å². The third-order valence-corrected chi connectivity index (χ3v) is 4.57. The largest absolute Gasteiger partial charge is 0.381 e. The molecule has 1 aromatic rings. The minimum atomic E-state index is 0.496. The van der Waals surface area contributed by atoms with Crippen LogP contribution in [0.4, 0.5) is 5.69 Å². The summed E-state index contributed by atoms with van der Waals surface area (Å²) in [5, 5.41) is 12.9. The molecular weight excluding hydrogens is 228 g/mol. The fourth-order valence-electron chi connectivity index (χ4n) is 2.14. The summed E-state index contributed by atoms with van der Waals surface area (Å²) in [5.41, 5.74) is 2.26. The lowest BCUT2D eigenvalue weighted by atomic mass is 10.1. The Balaban J connectivity index is 1.96. The van der Waals surface area contributed by atoms with Crippen LogP contribution >= 0.6 is 11.8 Å². The van der Waals surface area contributed by atoms with Gasteiger partial charge in [0, 0.05) is 17.0 Å². The molecule has 90 valence electrons. The number of hydrogen-bond donors (Lipinski definition) is 1. The first-order chi connectivity index (χ1) is 8.29. The SMILES string of the molecule is CC1SCCCC1Nc1ccc(CC#N)cc1. The second-order valence-corrected chi connectivity index (χ2v) is 5.99. The Morgan fingerprint density at radius 2 is 2.18 bits per heavy atom. The van der Waals surface area contributed by atoms with Crippen LogP contribution in [0.15, 0.2) is 24.3 Å². The van der Waals surface area contributed by atoms with E-state index in [2.05, 4.69) is 42.2 Å². The molecule has 0 saturated carbocycles. The van der Waals surface area contributed by atoms with Crippen molar-refractivity contribution in [1.82, 2.24) is 0 Å². The maximum atomic E-state index is 8.62. The second kappa shape index (κ2) is 5.97. The highest BCUT2D eigenvalue weighted by atomic mass is 32.2. The predicted octanol–water partition coefficient (Wildman–Crippen LogP) is 3.45. The molecule has 17 heavy (non-hydrogen) atoms. The van der Waals surface area contributed by atoms with Crippen molar-refractivity contribution >= 4 is 17.4 Å². The van der Waals surface area contributed by atoms with E-state index in [1.165, 1.54) is 24.3 Å². The molecule has 1 aromatic carbocycles. The summed E-state index contributed by atoms with van der Waals surface area (Å²) < 4.78 is 0. The second-order valence-electron chi connectivity index (χ2n) is 4.50. The standard InChI is InChI=1S/C14H18N2S/c1-11-14(3-2-10-17-11)16-13-6-4-12(5-7-13)8-9-15/h4-7,11,14,16H,2-3,8,10H2,1H3. The predicted molar refractivity (Wildman–Crippen MR) is 74.3 cm³/mol. The van der Waals surface area contributed by atoms with Crippen molar-refractivity contribution in [3.05, 3.63) is 29.8 Å². The van der Waals surface area contributed by atoms with Crippen LogP contribution in [-0.2, 0) is 6.42 Å². The van der Waals surface area contributed by atoms with Crippen LogP contribution in [0.5, 0.6) is 0 Å². The van der Waals surface area contributed by atoms with Crippen molar-refractivity contribution in [2.75, 3.05) is 11.1 Å². The lowest BCUT2D eigenvalue weighted by Gasteiger charge is -2.30. The Bertz CT molecular complexity index is 394. The van der Waals surface area contributed by atoms with Gasteiger partial charge in [0.2, 0.25) is 0 Å². The molecule has 1 saturated heterocycles. The molecule has 1 aliphatic heterocycles. The van der Waals surface area contributed by atoms with E-state index in [9.17, 15) is 0 Å². The van der Waals surface area contributed by atoms with Gasteiger partial charge in [0.15, 0.2) is 0 Å². The van der Waals surface area contributed by atoms with Gasteiger partial charge in [-0.3, -0.25) is 0 Å². The number of benzene rings is 1. The van der Waals surface area contributed by atoms with Gasteiger partial charge in [-0.25, -0.2) is 0 Å². The summed E-state index contributed by atoms with van der Waals surface area (Å²) in [6.07, 6.45) is 3.06. The Kier molecular flexibility index (Phi) is 4.33. The van der Waals surface area contributed by atoms with Crippen LogP contribution in [0.2, 0.25) is 0 Å². The molecule has 0 spiro atoms. The highest BCUT2D eigenvalue weighted by Gasteiger charge is 2.21. The molecule has 0 aliphatic carbocycles. The molecule has 3 heteroatoms. The minimum absolute atomic E-state index is 0.496. The van der Waals surface area contributed by atoms with Crippen LogP contribution in [0.25, 0.3) is 0 Å². The van der Waals surface area contributed by atoms with Crippen LogP contribution in [0, 0.1) is 11.3 Å². The Morgan fingerprint density at radius 1 is 1.41 bits per heavy atom. The normalized spacial score (nSPS) is 24.0. The maximum absolute atomic E-state index is 8.62. The lowest BCUT2D eigenvalue weighted by Crippen LogP contribution is -2.32. The van der Waals surface area contributed by atoms with E-state index in [0.717, 1.165) is 5.56 Å². The summed E-state index contributed by atoms with van der Waals surface area (Å²) >= 11 is 2.05. The Hall–Kier alpha value is -1.14. The zero-order valence-corrected chi connectivity index (χ0v) is 11.0. The third kappa shape index (κ3) is 3.41. The van der Waals surface area contributed by atoms with Gasteiger partial charge < -0.3 is 5.32 Å². The first-order valence-electron chi connectivity index (χ1n) is 6.13. The fraction of sp³-hybridized carbons (Fsp3) is 0.500. The molecule has 0 radical (unpaired) electrons. The Labute approximate surface area is 107 Å². The van der Waals surface area contributed by atoms with Gasteiger partial charge in [0.05, 0.1) is 12.5 Å². The molecule has 2 nitrogen and oxygen atoms in total. The zero-order chi connectivity index (χ0) is 12.1. The van der Waals surface area contributed by atoms with E-state index in [-0.39, 0.29) is 0 Å². The smallest absolute Gasteiger partial charge is 0.0669 e. The topological polar surface area (TPSA) is 35.8 Å². The van der Waals surface area contributed by atoms with E-state index < -0.39 is 0 Å². The van der Waals surface area contributed by atoms with E-state index in [4.69, 9.17) is 5.26 Å². The van der Waals surface area contributed by atoms with Gasteiger partial charge in [-0.05, 0) is 36.3 Å². The van der Waals surface area contributed by atoms with Gasteiger partial charge in [0.1, 0.15) is 0 Å². The zero-order valence-electron chi connectivity index (χ0n) is 10.1. The third-order valence-electron chi connectivity index (χ3n) is 3.20. The molecule has 1 heterocycles. The average molecular weight is 246 g/mol. The van der Waals surface area contributed by atoms with E-state index in [0.29, 0.717) is 17.7 Å². The molecule has 2 unspecified atom stereocenters. The van der Waals surface area contributed by atoms with Crippen LogP contribution in [0.3, 0.4) is 0 Å². The summed E-state index contributed by atoms with van der Waals surface area (Å²) in [7, 11) is 0. The molecule has 1 fully saturated rings. The number of hydrogen-bond acceptors (Lipinski definition) is 3. The molecule has 2 atom stereocenters. The number of nitrogens with one attached hydrogen (secondary N) is 1. The first-order valence-corrected chi connectivity index (χ1v) is 7.18. The first kappa shape index (κ1) is 12.3. The molecule has 0 bridgehead atoms. The Morgan fingerprint density at radius 3 is 2.82 bits per heavy atom. The average Bonchev–Trinajstić information content (AvgIpc) is 2.35. The van der Waals surface area contributed by atoms with Crippen LogP contribution < -0.4 is 5.32 Å². The van der Waals surface area contributed by atoms with E-state index in [1.54, 1.807) is 0 Å². The monoisotopic (exact) mass is 246 g/mol. The fourth-order valence-corrected chi connectivity index (χ4v) is 3.28. The lowest BCUT2D eigenvalue weighted by molar-refractivity contribution is 0.617. The number of anilines is 1. The van der Waals surface area contributed by atoms with E-state index in [1.807, 2.05) is 12.1 Å². The maximum Gasteiger partial charge on any atom is 0.0669 e. The van der Waals surface area contributed by atoms with Crippen LogP contribution in [-0.4, -0.2) is 17.0 Å². The molecule has 1 aliphatic rings. The molecule has 2 rings (SSSR count). The molecule has 0 amide bonds. The van der Waals surface area contributed by atoms with Gasteiger partial charge in [-0.15, -0.1) is 0 Å². The highest BCUT2D eigenvalue weighted by Crippen LogP contribution is 2.27. The van der Waals surface area contributed by atoms with Crippen molar-refractivity contribution in [3.63, 3.8) is 0 Å². The number of nitrogens with zero attached hydrogens (tertiary/aromatic N) is 1. The summed E-state index contributed by atoms with van der Waals surface area (Å²) in [6, 6.07) is 11.0. The van der Waals surface area contributed by atoms with E-state index >= 15 is 0 Å². The minimum Gasteiger partial charge on any atom is -0.381 e. The molecule has 1 N–H and O–H groups in total. The number of rotatable bonds is 3. The molecular formula is C14H18N2S. The van der Waals surface area contributed by atoms with Crippen molar-refractivity contribution < 1.29 is 0 Å². The molecule has 0 aromatic heterocycles. The quantitative estimate of drug-likeness (QED) is 0.887. The number of nitriles is 1. The van der Waals surface area contributed by atoms with Crippen molar-refractivity contribution in [3.8, 4) is 6.07 Å².